The van der Waals surface area contributed by atoms with Crippen molar-refractivity contribution in [2.24, 2.45) is 5.73 Å². The molecule has 1 fully saturated rings. The lowest BCUT2D eigenvalue weighted by molar-refractivity contribution is -0.150. The fourth-order valence-electron chi connectivity index (χ4n) is 3.06. The van der Waals surface area contributed by atoms with Gasteiger partial charge in [0, 0.05) is 5.75 Å². The average Bonchev–Trinajstić information content (AvgIpc) is 2.59. The predicted molar refractivity (Wildman–Crippen MR) is 89.8 cm³/mol. The van der Waals surface area contributed by atoms with Crippen molar-refractivity contribution in [2.45, 2.75) is 37.2 Å². The maximum Gasteiger partial charge on any atom is 0.352 e. The topological polar surface area (TPSA) is 113 Å². The number of aliphatic carboxylic acids is 1. The molecule has 128 valence electrons. The van der Waals surface area contributed by atoms with Crippen molar-refractivity contribution in [1.29, 1.82) is 0 Å². The Morgan fingerprint density at radius 3 is 2.83 bits per heavy atom. The van der Waals surface area contributed by atoms with E-state index in [2.05, 4.69) is 5.32 Å². The van der Waals surface area contributed by atoms with Crippen LogP contribution in [0.15, 0.2) is 35.1 Å². The molecule has 0 aromatic rings. The summed E-state index contributed by atoms with van der Waals surface area (Å²) in [6.07, 6.45) is 7.26. The summed E-state index contributed by atoms with van der Waals surface area (Å²) < 4.78 is 0. The zero-order valence-electron chi connectivity index (χ0n) is 13.2. The molecule has 0 radical (unpaired) electrons. The van der Waals surface area contributed by atoms with Gasteiger partial charge >= 0.3 is 5.97 Å². The normalized spacial score (nSPS) is 27.2. The average molecular weight is 349 g/mol. The second-order valence-electron chi connectivity index (χ2n) is 6.00. The first-order valence-electron chi connectivity index (χ1n) is 7.69. The molecule has 0 aromatic heterocycles. The van der Waals surface area contributed by atoms with Crippen molar-refractivity contribution in [3.8, 4) is 0 Å². The molecule has 0 aromatic carbocycles. The summed E-state index contributed by atoms with van der Waals surface area (Å²) in [5, 5.41) is 11.6. The molecule has 2 heterocycles. The number of nitrogens with two attached hydrogens (primary N) is 1. The van der Waals surface area contributed by atoms with Crippen LogP contribution in [0.4, 0.5) is 0 Å². The zero-order chi connectivity index (χ0) is 17.4. The molecular formula is C16H19N3O4S. The van der Waals surface area contributed by atoms with Gasteiger partial charge in [-0.05, 0) is 30.9 Å². The van der Waals surface area contributed by atoms with Crippen LogP contribution < -0.4 is 11.1 Å². The number of fused-ring (bicyclic) bond motifs is 1. The molecule has 24 heavy (non-hydrogen) atoms. The largest absolute Gasteiger partial charge is 0.477 e. The second-order valence-corrected chi connectivity index (χ2v) is 7.10. The zero-order valence-corrected chi connectivity index (χ0v) is 14.0. The number of carbonyl (C=O) groups excluding carboxylic acids is 2. The fourth-order valence-corrected chi connectivity index (χ4v) is 4.35. The quantitative estimate of drug-likeness (QED) is 0.499. The van der Waals surface area contributed by atoms with Gasteiger partial charge in [-0.15, -0.1) is 11.8 Å². The number of hydrogen-bond donors (Lipinski definition) is 3. The molecule has 4 N–H and O–H groups in total. The Morgan fingerprint density at radius 2 is 2.21 bits per heavy atom. The number of hydrogen-bond acceptors (Lipinski definition) is 5. The highest BCUT2D eigenvalue weighted by Gasteiger charge is 2.53. The Balaban J connectivity index is 1.68. The van der Waals surface area contributed by atoms with Gasteiger partial charge in [-0.2, -0.15) is 0 Å². The van der Waals surface area contributed by atoms with Crippen molar-refractivity contribution in [3.63, 3.8) is 0 Å². The third-order valence-corrected chi connectivity index (χ3v) is 5.80. The Labute approximate surface area is 143 Å². The molecule has 0 spiro atoms. The van der Waals surface area contributed by atoms with Crippen LogP contribution in [0.25, 0.3) is 0 Å². The Bertz CT molecular complexity index is 697. The smallest absolute Gasteiger partial charge is 0.352 e. The second kappa shape index (κ2) is 6.45. The summed E-state index contributed by atoms with van der Waals surface area (Å²) in [4.78, 5) is 37.3. The lowest BCUT2D eigenvalue weighted by atomic mass is 9.97. The number of thioether (sulfide) groups is 1. The third-order valence-electron chi connectivity index (χ3n) is 4.38. The molecule has 0 bridgehead atoms. The molecule has 1 aliphatic carbocycles. The number of nitrogens with zero attached hydrogens (tertiary/aromatic N) is 1. The van der Waals surface area contributed by atoms with E-state index in [-0.39, 0.29) is 11.1 Å². The van der Waals surface area contributed by atoms with Crippen molar-refractivity contribution in [3.05, 3.63) is 35.1 Å². The van der Waals surface area contributed by atoms with Crippen LogP contribution in [0.5, 0.6) is 0 Å². The molecule has 8 heteroatoms. The number of amides is 2. The molecule has 1 saturated heterocycles. The van der Waals surface area contributed by atoms with Crippen molar-refractivity contribution >= 4 is 29.5 Å². The van der Waals surface area contributed by atoms with Gasteiger partial charge in [-0.1, -0.05) is 18.2 Å². The van der Waals surface area contributed by atoms with Gasteiger partial charge < -0.3 is 16.2 Å². The Morgan fingerprint density at radius 1 is 1.46 bits per heavy atom. The van der Waals surface area contributed by atoms with E-state index < -0.39 is 29.9 Å². The number of nitrogens with one attached hydrogen (secondary N) is 1. The van der Waals surface area contributed by atoms with Crippen LogP contribution in [0.3, 0.4) is 0 Å². The van der Waals surface area contributed by atoms with Crippen LogP contribution >= 0.6 is 11.8 Å². The van der Waals surface area contributed by atoms with Gasteiger partial charge in [0.1, 0.15) is 23.2 Å². The minimum atomic E-state index is -1.12. The van der Waals surface area contributed by atoms with E-state index >= 15 is 0 Å². The number of carboxylic acid groups (broad SMARTS) is 1. The summed E-state index contributed by atoms with van der Waals surface area (Å²) in [5.74, 6) is -1.41. The Hall–Kier alpha value is -2.06. The molecule has 3 atom stereocenters. The van der Waals surface area contributed by atoms with Crippen LogP contribution in [-0.2, 0) is 14.4 Å². The highest BCUT2D eigenvalue weighted by molar-refractivity contribution is 8.00. The van der Waals surface area contributed by atoms with Crippen LogP contribution in [0, 0.1) is 0 Å². The molecule has 0 saturated carbocycles. The van der Waals surface area contributed by atoms with E-state index in [1.807, 2.05) is 18.2 Å². The van der Waals surface area contributed by atoms with E-state index in [1.165, 1.54) is 16.7 Å². The summed E-state index contributed by atoms with van der Waals surface area (Å²) in [7, 11) is 0. The minimum Gasteiger partial charge on any atom is -0.477 e. The van der Waals surface area contributed by atoms with E-state index in [1.54, 1.807) is 6.92 Å². The predicted octanol–water partition coefficient (Wildman–Crippen LogP) is 0.349. The SMILES string of the molecule is CC1=C(C(=O)O)N2C(=O)[C@@H](NC(=O)C(N)C3=CCC=CC3)[C@H]2SC1. The highest BCUT2D eigenvalue weighted by atomic mass is 32.2. The van der Waals surface area contributed by atoms with E-state index in [0.29, 0.717) is 17.7 Å². The molecule has 7 nitrogen and oxygen atoms in total. The lowest BCUT2D eigenvalue weighted by Crippen LogP contribution is -2.71. The first-order chi connectivity index (χ1) is 11.4. The standard InChI is InChI=1S/C16H19N3O4S/c1-8-7-24-15-11(14(21)19(15)12(8)16(22)23)18-13(20)10(17)9-5-3-2-4-6-9/h2-3,6,10-11,15H,4-5,7,17H2,1H3,(H,18,20)(H,22,23)/t10?,11-,15-/m1/s1. The molecule has 3 aliphatic rings. The third kappa shape index (κ3) is 2.76. The molecule has 3 rings (SSSR count). The van der Waals surface area contributed by atoms with Crippen molar-refractivity contribution in [1.82, 2.24) is 10.2 Å². The number of carboxylic acids is 1. The van der Waals surface area contributed by atoms with Gasteiger partial charge in [-0.3, -0.25) is 14.5 Å². The highest BCUT2D eigenvalue weighted by Crippen LogP contribution is 2.40. The van der Waals surface area contributed by atoms with Crippen LogP contribution in [-0.4, -0.2) is 51.0 Å². The monoisotopic (exact) mass is 349 g/mol. The van der Waals surface area contributed by atoms with Gasteiger partial charge in [0.15, 0.2) is 0 Å². The first kappa shape index (κ1) is 16.8. The molecule has 1 unspecified atom stereocenters. The fraction of sp³-hybridized carbons (Fsp3) is 0.438. The van der Waals surface area contributed by atoms with Crippen LogP contribution in [0.1, 0.15) is 19.8 Å². The number of carbonyl (C=O) groups is 3. The summed E-state index contributed by atoms with van der Waals surface area (Å²) >= 11 is 1.45. The minimum absolute atomic E-state index is 0.0265. The molecule has 2 aliphatic heterocycles. The van der Waals surface area contributed by atoms with Gasteiger partial charge in [-0.25, -0.2) is 4.79 Å². The van der Waals surface area contributed by atoms with Gasteiger partial charge in [0.2, 0.25) is 5.91 Å². The van der Waals surface area contributed by atoms with E-state index in [9.17, 15) is 19.5 Å². The lowest BCUT2D eigenvalue weighted by Gasteiger charge is -2.49. The number of allylic oxidation sites excluding steroid dienone is 3. The summed E-state index contributed by atoms with van der Waals surface area (Å²) in [6, 6.07) is -1.52. The number of β-lactam (4-membered cyclic amide) rings is 1. The Kier molecular flexibility index (Phi) is 4.51. The molecule has 2 amide bonds. The van der Waals surface area contributed by atoms with E-state index in [0.717, 1.165) is 12.0 Å². The number of rotatable bonds is 4. The van der Waals surface area contributed by atoms with Crippen LogP contribution in [0.2, 0.25) is 0 Å². The van der Waals surface area contributed by atoms with Crippen molar-refractivity contribution in [2.75, 3.05) is 5.75 Å². The van der Waals surface area contributed by atoms with Gasteiger partial charge in [0.25, 0.3) is 5.91 Å². The maximum absolute atomic E-state index is 12.3. The van der Waals surface area contributed by atoms with Crippen molar-refractivity contribution < 1.29 is 19.5 Å². The van der Waals surface area contributed by atoms with E-state index in [4.69, 9.17) is 5.73 Å². The summed E-state index contributed by atoms with van der Waals surface area (Å²) in [5.41, 5.74) is 7.49. The van der Waals surface area contributed by atoms with Gasteiger partial charge in [0.05, 0.1) is 0 Å². The molecular weight excluding hydrogens is 330 g/mol. The first-order valence-corrected chi connectivity index (χ1v) is 8.74. The maximum atomic E-state index is 12.3. The summed E-state index contributed by atoms with van der Waals surface area (Å²) in [6.45, 7) is 1.70.